The van der Waals surface area contributed by atoms with Crippen molar-refractivity contribution in [1.29, 1.82) is 0 Å². The molecule has 0 heterocycles. The Morgan fingerprint density at radius 1 is 1.00 bits per heavy atom. The molecule has 2 atom stereocenters. The van der Waals surface area contributed by atoms with Gasteiger partial charge in [-0.1, -0.05) is 38.5 Å². The van der Waals surface area contributed by atoms with Gasteiger partial charge in [0.2, 0.25) is 5.91 Å². The van der Waals surface area contributed by atoms with Crippen LogP contribution in [0.2, 0.25) is 0 Å². The zero-order valence-electron chi connectivity index (χ0n) is 12.4. The number of nitrogens with two attached hydrogens (primary N) is 1. The highest BCUT2D eigenvalue weighted by Crippen LogP contribution is 2.31. The van der Waals surface area contributed by atoms with Gasteiger partial charge in [-0.15, -0.1) is 0 Å². The number of rotatable bonds is 3. The maximum absolute atomic E-state index is 12.7. The zero-order chi connectivity index (χ0) is 13.7. The van der Waals surface area contributed by atoms with Crippen LogP contribution in [0.25, 0.3) is 0 Å². The average Bonchev–Trinajstić information content (AvgIpc) is 2.85. The van der Waals surface area contributed by atoms with Gasteiger partial charge >= 0.3 is 0 Å². The highest BCUT2D eigenvalue weighted by molar-refractivity contribution is 5.79. The molecule has 2 aliphatic carbocycles. The maximum Gasteiger partial charge on any atom is 0.225 e. The van der Waals surface area contributed by atoms with E-state index in [0.717, 1.165) is 25.8 Å². The third-order valence-electron chi connectivity index (χ3n) is 5.22. The summed E-state index contributed by atoms with van der Waals surface area (Å²) in [5.74, 6) is 1.21. The molecule has 2 saturated carbocycles. The molecule has 110 valence electrons. The fraction of sp³-hybridized carbons (Fsp3) is 0.938. The second kappa shape index (κ2) is 7.28. The molecule has 0 aliphatic heterocycles. The largest absolute Gasteiger partial charge is 0.342 e. The van der Waals surface area contributed by atoms with Crippen LogP contribution in [0.4, 0.5) is 0 Å². The molecule has 0 radical (unpaired) electrons. The van der Waals surface area contributed by atoms with Gasteiger partial charge in [0.05, 0.1) is 0 Å². The van der Waals surface area contributed by atoms with Crippen LogP contribution >= 0.6 is 0 Å². The van der Waals surface area contributed by atoms with E-state index in [1.165, 1.54) is 44.9 Å². The van der Waals surface area contributed by atoms with Gasteiger partial charge in [0.15, 0.2) is 0 Å². The fourth-order valence-electron chi connectivity index (χ4n) is 3.96. The quantitative estimate of drug-likeness (QED) is 0.853. The van der Waals surface area contributed by atoms with Crippen molar-refractivity contribution in [3.8, 4) is 0 Å². The third-order valence-corrected chi connectivity index (χ3v) is 5.22. The molecule has 0 aromatic carbocycles. The maximum atomic E-state index is 12.7. The topological polar surface area (TPSA) is 46.3 Å². The summed E-state index contributed by atoms with van der Waals surface area (Å²) in [6.07, 6.45) is 12.2. The van der Waals surface area contributed by atoms with Crippen molar-refractivity contribution in [2.45, 2.75) is 70.3 Å². The fourth-order valence-corrected chi connectivity index (χ4v) is 3.96. The van der Waals surface area contributed by atoms with Crippen LogP contribution in [0.5, 0.6) is 0 Å². The molecular weight excluding hydrogens is 236 g/mol. The summed E-state index contributed by atoms with van der Waals surface area (Å²) in [4.78, 5) is 14.7. The van der Waals surface area contributed by atoms with Crippen LogP contribution in [0.15, 0.2) is 0 Å². The van der Waals surface area contributed by atoms with Crippen molar-refractivity contribution in [3.05, 3.63) is 0 Å². The minimum absolute atomic E-state index is 0.282. The molecule has 2 unspecified atom stereocenters. The van der Waals surface area contributed by atoms with E-state index in [0.29, 0.717) is 17.9 Å². The van der Waals surface area contributed by atoms with E-state index >= 15 is 0 Å². The van der Waals surface area contributed by atoms with Crippen LogP contribution in [-0.2, 0) is 4.79 Å². The minimum Gasteiger partial charge on any atom is -0.342 e. The lowest BCUT2D eigenvalue weighted by Gasteiger charge is -2.32. The van der Waals surface area contributed by atoms with Gasteiger partial charge < -0.3 is 10.6 Å². The first-order chi connectivity index (χ1) is 9.24. The molecule has 2 aliphatic rings. The monoisotopic (exact) mass is 266 g/mol. The summed E-state index contributed by atoms with van der Waals surface area (Å²) in [5, 5.41) is 0. The molecule has 2 fully saturated rings. The first-order valence-corrected chi connectivity index (χ1v) is 8.20. The molecule has 2 rings (SSSR count). The van der Waals surface area contributed by atoms with Crippen LogP contribution in [0.1, 0.15) is 64.2 Å². The summed E-state index contributed by atoms with van der Waals surface area (Å²) in [6, 6.07) is 0.406. The normalized spacial score (nSPS) is 29.8. The van der Waals surface area contributed by atoms with Crippen molar-refractivity contribution in [3.63, 3.8) is 0 Å². The lowest BCUT2D eigenvalue weighted by molar-refractivity contribution is -0.137. The van der Waals surface area contributed by atoms with Crippen molar-refractivity contribution in [2.75, 3.05) is 13.6 Å². The Morgan fingerprint density at radius 2 is 1.63 bits per heavy atom. The van der Waals surface area contributed by atoms with Gasteiger partial charge in [0.25, 0.3) is 0 Å². The molecule has 3 heteroatoms. The van der Waals surface area contributed by atoms with E-state index in [1.807, 2.05) is 7.05 Å². The van der Waals surface area contributed by atoms with Gasteiger partial charge in [-0.25, -0.2) is 0 Å². The van der Waals surface area contributed by atoms with Crippen molar-refractivity contribution >= 4 is 5.91 Å². The molecule has 0 spiro atoms. The molecular formula is C16H30N2O. The summed E-state index contributed by atoms with van der Waals surface area (Å²) in [5.41, 5.74) is 5.85. The minimum atomic E-state index is 0.282. The standard InChI is InChI=1S/C16H30N2O/c1-18(15-11-7-10-14(15)12-17)16(19)13-8-5-3-2-4-6-9-13/h13-15H,2-12,17H2,1H3. The van der Waals surface area contributed by atoms with E-state index in [9.17, 15) is 4.79 Å². The predicted octanol–water partition coefficient (Wildman–Crippen LogP) is 2.93. The summed E-state index contributed by atoms with van der Waals surface area (Å²) in [7, 11) is 2.01. The Bertz CT molecular complexity index is 284. The summed E-state index contributed by atoms with van der Waals surface area (Å²) in [6.45, 7) is 0.729. The average molecular weight is 266 g/mol. The molecule has 0 aromatic heterocycles. The third kappa shape index (κ3) is 3.71. The van der Waals surface area contributed by atoms with Gasteiger partial charge in [-0.2, -0.15) is 0 Å². The number of hydrogen-bond acceptors (Lipinski definition) is 2. The Hall–Kier alpha value is -0.570. The van der Waals surface area contributed by atoms with Crippen LogP contribution in [-0.4, -0.2) is 30.4 Å². The first kappa shape index (κ1) is 14.8. The smallest absolute Gasteiger partial charge is 0.225 e. The van der Waals surface area contributed by atoms with Crippen molar-refractivity contribution in [2.24, 2.45) is 17.6 Å². The molecule has 1 amide bonds. The van der Waals surface area contributed by atoms with Gasteiger partial charge in [-0.05, 0) is 38.1 Å². The summed E-state index contributed by atoms with van der Waals surface area (Å²) >= 11 is 0. The Morgan fingerprint density at radius 3 is 2.26 bits per heavy atom. The van der Waals surface area contributed by atoms with Crippen molar-refractivity contribution in [1.82, 2.24) is 4.90 Å². The molecule has 19 heavy (non-hydrogen) atoms. The van der Waals surface area contributed by atoms with Crippen LogP contribution in [0, 0.1) is 11.8 Å². The lowest BCUT2D eigenvalue weighted by atomic mass is 9.89. The molecule has 2 N–H and O–H groups in total. The van der Waals surface area contributed by atoms with Crippen molar-refractivity contribution < 1.29 is 4.79 Å². The van der Waals surface area contributed by atoms with E-state index in [4.69, 9.17) is 5.73 Å². The molecule has 0 bridgehead atoms. The number of amides is 1. The van der Waals surface area contributed by atoms with Crippen LogP contribution < -0.4 is 5.73 Å². The highest BCUT2D eigenvalue weighted by Gasteiger charge is 2.34. The molecule has 0 saturated heterocycles. The van der Waals surface area contributed by atoms with Gasteiger partial charge in [0, 0.05) is 19.0 Å². The van der Waals surface area contributed by atoms with Gasteiger partial charge in [-0.3, -0.25) is 4.79 Å². The Labute approximate surface area is 117 Å². The number of carbonyl (C=O) groups is 1. The second-order valence-corrected chi connectivity index (χ2v) is 6.49. The number of hydrogen-bond donors (Lipinski definition) is 1. The van der Waals surface area contributed by atoms with E-state index < -0.39 is 0 Å². The Balaban J connectivity index is 1.93. The van der Waals surface area contributed by atoms with Gasteiger partial charge in [0.1, 0.15) is 0 Å². The highest BCUT2D eigenvalue weighted by atomic mass is 16.2. The molecule has 3 nitrogen and oxygen atoms in total. The Kier molecular flexibility index (Phi) is 5.68. The number of carbonyl (C=O) groups excluding carboxylic acids is 1. The lowest BCUT2D eigenvalue weighted by Crippen LogP contribution is -2.44. The zero-order valence-corrected chi connectivity index (χ0v) is 12.4. The summed E-state index contributed by atoms with van der Waals surface area (Å²) < 4.78 is 0. The first-order valence-electron chi connectivity index (χ1n) is 8.20. The SMILES string of the molecule is CN(C(=O)C1CCCCCCC1)C1CCCC1CN. The van der Waals surface area contributed by atoms with Crippen LogP contribution in [0.3, 0.4) is 0 Å². The molecule has 0 aromatic rings. The van der Waals surface area contributed by atoms with E-state index in [-0.39, 0.29) is 5.92 Å². The van der Waals surface area contributed by atoms with E-state index in [1.54, 1.807) is 0 Å². The second-order valence-electron chi connectivity index (χ2n) is 6.49. The van der Waals surface area contributed by atoms with E-state index in [2.05, 4.69) is 4.90 Å². The number of nitrogens with zero attached hydrogens (tertiary/aromatic N) is 1. The predicted molar refractivity (Wildman–Crippen MR) is 78.8 cm³/mol.